The number of imidazole rings is 1. The van der Waals surface area contributed by atoms with Crippen molar-refractivity contribution in [3.63, 3.8) is 0 Å². The molecule has 0 bridgehead atoms. The van der Waals surface area contributed by atoms with Crippen molar-refractivity contribution in [2.24, 2.45) is 10.1 Å². The highest BCUT2D eigenvalue weighted by molar-refractivity contribution is 6.54. The van der Waals surface area contributed by atoms with Gasteiger partial charge in [-0.1, -0.05) is 109 Å². The van der Waals surface area contributed by atoms with E-state index in [0.717, 1.165) is 51.0 Å². The summed E-state index contributed by atoms with van der Waals surface area (Å²) < 4.78 is 1.95. The van der Waals surface area contributed by atoms with Crippen LogP contribution in [0.4, 0.5) is 5.69 Å². The summed E-state index contributed by atoms with van der Waals surface area (Å²) in [6.45, 7) is 0. The van der Waals surface area contributed by atoms with Crippen LogP contribution in [0.25, 0.3) is 22.5 Å². The van der Waals surface area contributed by atoms with Gasteiger partial charge in [0.25, 0.3) is 0 Å². The van der Waals surface area contributed by atoms with Crippen molar-refractivity contribution in [2.75, 3.05) is 0 Å². The Balaban J connectivity index is 1.64. The number of hydrogen-bond donors (Lipinski definition) is 0. The maximum absolute atomic E-state index is 5.11. The highest BCUT2D eigenvalue weighted by atomic mass is 15.4. The number of fused-ring (bicyclic) bond motifs is 1. The quantitative estimate of drug-likeness (QED) is 0.320. The molecule has 0 spiro atoms. The zero-order valence-corrected chi connectivity index (χ0v) is 17.8. The zero-order chi connectivity index (χ0) is 22.0. The predicted molar refractivity (Wildman–Crippen MR) is 134 cm³/mol. The molecule has 4 aromatic carbocycles. The Kier molecular flexibility index (Phi) is 4.74. The van der Waals surface area contributed by atoms with Crippen LogP contribution in [0.3, 0.4) is 0 Å². The lowest BCUT2D eigenvalue weighted by Gasteiger charge is -2.06. The summed E-state index contributed by atoms with van der Waals surface area (Å²) >= 11 is 0. The number of aliphatic imine (C=N–C) groups is 1. The molecule has 2 heterocycles. The van der Waals surface area contributed by atoms with Crippen molar-refractivity contribution >= 4 is 17.1 Å². The van der Waals surface area contributed by atoms with Crippen molar-refractivity contribution in [3.05, 3.63) is 133 Å². The van der Waals surface area contributed by atoms with Crippen LogP contribution in [-0.4, -0.2) is 21.1 Å². The topological polar surface area (TPSA) is 42.5 Å². The van der Waals surface area contributed by atoms with Gasteiger partial charge in [0.1, 0.15) is 17.1 Å². The first-order valence-corrected chi connectivity index (χ1v) is 10.9. The highest BCUT2D eigenvalue weighted by Gasteiger charge is 2.31. The number of rotatable bonds is 4. The molecular weight excluding hydrogens is 404 g/mol. The number of hydrogen-bond acceptors (Lipinski definition) is 3. The molecule has 1 aliphatic heterocycles. The van der Waals surface area contributed by atoms with Gasteiger partial charge >= 0.3 is 0 Å². The summed E-state index contributed by atoms with van der Waals surface area (Å²) in [5.74, 6) is 0.746. The van der Waals surface area contributed by atoms with E-state index < -0.39 is 0 Å². The van der Waals surface area contributed by atoms with Gasteiger partial charge in [-0.25, -0.2) is 14.7 Å². The molecule has 0 N–H and O–H groups in total. The lowest BCUT2D eigenvalue weighted by Crippen LogP contribution is -2.13. The van der Waals surface area contributed by atoms with Crippen LogP contribution >= 0.6 is 0 Å². The highest BCUT2D eigenvalue weighted by Crippen LogP contribution is 2.36. The van der Waals surface area contributed by atoms with Gasteiger partial charge < -0.3 is 0 Å². The van der Waals surface area contributed by atoms with Gasteiger partial charge in [-0.2, -0.15) is 5.10 Å². The fourth-order valence-electron chi connectivity index (χ4n) is 4.09. The van der Waals surface area contributed by atoms with Crippen LogP contribution < -0.4 is 0 Å². The summed E-state index contributed by atoms with van der Waals surface area (Å²) in [6, 6.07) is 40.7. The van der Waals surface area contributed by atoms with E-state index in [2.05, 4.69) is 36.4 Å². The number of nitrogens with zero attached hydrogens (tertiary/aromatic N) is 4. The molecule has 0 saturated heterocycles. The molecule has 0 fully saturated rings. The van der Waals surface area contributed by atoms with Crippen molar-refractivity contribution in [2.45, 2.75) is 0 Å². The molecule has 156 valence electrons. The van der Waals surface area contributed by atoms with Crippen LogP contribution in [0.5, 0.6) is 0 Å². The van der Waals surface area contributed by atoms with Gasteiger partial charge in [-0.05, 0) is 12.1 Å². The molecule has 5 aromatic rings. The summed E-state index contributed by atoms with van der Waals surface area (Å²) in [5, 5.41) is 5.06. The first-order valence-electron chi connectivity index (χ1n) is 10.9. The van der Waals surface area contributed by atoms with Gasteiger partial charge in [0, 0.05) is 16.7 Å². The molecule has 0 amide bonds. The molecule has 6 rings (SSSR count). The molecule has 4 nitrogen and oxygen atoms in total. The molecule has 1 aromatic heterocycles. The van der Waals surface area contributed by atoms with E-state index in [9.17, 15) is 0 Å². The minimum atomic E-state index is 0.746. The Morgan fingerprint density at radius 1 is 0.545 bits per heavy atom. The Labute approximate surface area is 192 Å². The van der Waals surface area contributed by atoms with E-state index in [4.69, 9.17) is 15.1 Å². The molecule has 0 unspecified atom stereocenters. The molecule has 0 atom stereocenters. The lowest BCUT2D eigenvalue weighted by molar-refractivity contribution is 0.892. The van der Waals surface area contributed by atoms with Crippen LogP contribution in [-0.2, 0) is 0 Å². The molecule has 1 aliphatic rings. The van der Waals surface area contributed by atoms with Gasteiger partial charge in [-0.15, -0.1) is 0 Å². The van der Waals surface area contributed by atoms with E-state index in [0.29, 0.717) is 0 Å². The number of aromatic nitrogens is 2. The maximum atomic E-state index is 5.11. The van der Waals surface area contributed by atoms with E-state index in [1.54, 1.807) is 0 Å². The largest absolute Gasteiger partial charge is 0.243 e. The fourth-order valence-corrected chi connectivity index (χ4v) is 4.09. The number of para-hydroxylation sites is 1. The Bertz CT molecular complexity index is 1470. The Morgan fingerprint density at radius 3 is 1.67 bits per heavy atom. The van der Waals surface area contributed by atoms with E-state index in [1.807, 2.05) is 89.6 Å². The van der Waals surface area contributed by atoms with Gasteiger partial charge in [0.05, 0.1) is 11.4 Å². The lowest BCUT2D eigenvalue weighted by atomic mass is 10.0. The third-order valence-corrected chi connectivity index (χ3v) is 5.63. The third-order valence-electron chi connectivity index (χ3n) is 5.63. The first-order chi connectivity index (χ1) is 16.4. The van der Waals surface area contributed by atoms with E-state index >= 15 is 0 Å². The first kappa shape index (κ1) is 19.1. The second kappa shape index (κ2) is 8.17. The van der Waals surface area contributed by atoms with E-state index in [-0.39, 0.29) is 0 Å². The summed E-state index contributed by atoms with van der Waals surface area (Å²) in [4.78, 5) is 10.1. The monoisotopic (exact) mass is 424 g/mol. The molecular formula is C29H20N4. The SMILES string of the molecule is c1ccc(N=C2C(c3ccccc3)=Nn3c2nc(-c2ccccc2)c3-c2ccccc2)cc1. The van der Waals surface area contributed by atoms with Gasteiger partial charge in [0.2, 0.25) is 0 Å². The molecule has 0 radical (unpaired) electrons. The van der Waals surface area contributed by atoms with Gasteiger partial charge in [0.15, 0.2) is 5.82 Å². The average Bonchev–Trinajstić information content (AvgIpc) is 3.43. The molecule has 33 heavy (non-hydrogen) atoms. The standard InChI is InChI=1S/C29H20N4/c1-5-13-21(14-6-1)25-27(30-24-19-11-4-12-20-24)29-31-26(22-15-7-2-8-16-22)28(33(29)32-25)23-17-9-3-10-18-23/h1-20H. The smallest absolute Gasteiger partial charge is 0.183 e. The minimum Gasteiger partial charge on any atom is -0.243 e. The summed E-state index contributed by atoms with van der Waals surface area (Å²) in [7, 11) is 0. The Morgan fingerprint density at radius 2 is 1.06 bits per heavy atom. The van der Waals surface area contributed by atoms with E-state index in [1.165, 1.54) is 0 Å². The third kappa shape index (κ3) is 3.48. The molecule has 4 heteroatoms. The van der Waals surface area contributed by atoms with Crippen LogP contribution in [0.15, 0.2) is 131 Å². The summed E-state index contributed by atoms with van der Waals surface area (Å²) in [5.41, 5.74) is 7.44. The molecule has 0 saturated carbocycles. The normalized spacial score (nSPS) is 13.7. The predicted octanol–water partition coefficient (Wildman–Crippen LogP) is 6.60. The van der Waals surface area contributed by atoms with Crippen LogP contribution in [0.1, 0.15) is 11.4 Å². The molecule has 0 aliphatic carbocycles. The zero-order valence-electron chi connectivity index (χ0n) is 17.8. The van der Waals surface area contributed by atoms with Crippen molar-refractivity contribution < 1.29 is 0 Å². The van der Waals surface area contributed by atoms with Crippen LogP contribution in [0, 0.1) is 0 Å². The van der Waals surface area contributed by atoms with Crippen LogP contribution in [0.2, 0.25) is 0 Å². The fraction of sp³-hybridized carbons (Fsp3) is 0. The van der Waals surface area contributed by atoms with Crippen molar-refractivity contribution in [1.29, 1.82) is 0 Å². The average molecular weight is 425 g/mol. The minimum absolute atomic E-state index is 0.746. The van der Waals surface area contributed by atoms with Crippen molar-refractivity contribution in [1.82, 2.24) is 9.66 Å². The number of benzene rings is 4. The van der Waals surface area contributed by atoms with Gasteiger partial charge in [-0.3, -0.25) is 0 Å². The summed E-state index contributed by atoms with van der Waals surface area (Å²) in [6.07, 6.45) is 0. The second-order valence-corrected chi connectivity index (χ2v) is 7.79. The Hall–Kier alpha value is -4.57. The second-order valence-electron chi connectivity index (χ2n) is 7.79. The maximum Gasteiger partial charge on any atom is 0.183 e. The van der Waals surface area contributed by atoms with Crippen molar-refractivity contribution in [3.8, 4) is 22.5 Å².